The summed E-state index contributed by atoms with van der Waals surface area (Å²) >= 11 is 0. The predicted molar refractivity (Wildman–Crippen MR) is 117 cm³/mol. The number of carbonyl (C=O) groups is 3. The number of nitrogens with zero attached hydrogens (tertiary/aromatic N) is 1. The molecule has 1 saturated heterocycles. The zero-order valence-electron chi connectivity index (χ0n) is 18.1. The van der Waals surface area contributed by atoms with E-state index in [-0.39, 0.29) is 19.1 Å². The van der Waals surface area contributed by atoms with Crippen LogP contribution < -0.4 is 14.8 Å². The number of ketones is 1. The number of imide groups is 1. The molecule has 1 aliphatic carbocycles. The fourth-order valence-electron chi connectivity index (χ4n) is 4.86. The molecule has 0 unspecified atom stereocenters. The molecule has 2 fully saturated rings. The molecule has 1 atom stereocenters. The Hall–Kier alpha value is -3.35. The quantitative estimate of drug-likeness (QED) is 0.565. The van der Waals surface area contributed by atoms with Crippen molar-refractivity contribution < 1.29 is 23.9 Å². The summed E-state index contributed by atoms with van der Waals surface area (Å²) in [5.74, 6) is 0.949. The maximum absolute atomic E-state index is 13.2. The van der Waals surface area contributed by atoms with Crippen molar-refractivity contribution in [2.45, 2.75) is 50.5 Å². The first-order valence-corrected chi connectivity index (χ1v) is 11.1. The van der Waals surface area contributed by atoms with E-state index >= 15 is 0 Å². The third-order valence-electron chi connectivity index (χ3n) is 6.84. The van der Waals surface area contributed by atoms with Crippen molar-refractivity contribution in [1.82, 2.24) is 10.2 Å². The van der Waals surface area contributed by atoms with Crippen LogP contribution >= 0.6 is 0 Å². The Balaban J connectivity index is 1.30. The Morgan fingerprint density at radius 2 is 1.75 bits per heavy atom. The van der Waals surface area contributed by atoms with Gasteiger partial charge in [0.1, 0.15) is 5.54 Å². The summed E-state index contributed by atoms with van der Waals surface area (Å²) < 4.78 is 10.7. The Morgan fingerprint density at radius 1 is 1.03 bits per heavy atom. The van der Waals surface area contributed by atoms with Gasteiger partial charge in [-0.15, -0.1) is 0 Å². The highest BCUT2D eigenvalue weighted by Gasteiger charge is 2.49. The summed E-state index contributed by atoms with van der Waals surface area (Å²) in [5.41, 5.74) is 1.06. The van der Waals surface area contributed by atoms with Crippen molar-refractivity contribution in [2.75, 3.05) is 13.3 Å². The molecule has 7 nitrogen and oxygen atoms in total. The number of carbonyl (C=O) groups excluding carboxylic acids is 3. The van der Waals surface area contributed by atoms with E-state index in [1.165, 1.54) is 37.7 Å². The summed E-state index contributed by atoms with van der Waals surface area (Å²) in [5, 5.41) is 2.74. The Labute approximate surface area is 186 Å². The van der Waals surface area contributed by atoms with Gasteiger partial charge < -0.3 is 14.8 Å². The summed E-state index contributed by atoms with van der Waals surface area (Å²) in [6.45, 7) is 1.46. The Kier molecular flexibility index (Phi) is 5.12. The zero-order chi connectivity index (χ0) is 22.3. The number of amides is 3. The minimum atomic E-state index is -1.27. The van der Waals surface area contributed by atoms with Crippen LogP contribution in [0.3, 0.4) is 0 Å². The SMILES string of the molecule is C[C@]1(c2ccc3c(c2)OCO3)NC(=O)N(CC(=O)c2ccc(C3CCCCC3)cc2)C1=O. The van der Waals surface area contributed by atoms with Gasteiger partial charge in [0.05, 0.1) is 6.54 Å². The van der Waals surface area contributed by atoms with Gasteiger partial charge in [0.25, 0.3) is 5.91 Å². The molecule has 2 aliphatic heterocycles. The third-order valence-corrected chi connectivity index (χ3v) is 6.84. The Bertz CT molecular complexity index is 1070. The largest absolute Gasteiger partial charge is 0.454 e. The maximum atomic E-state index is 13.2. The van der Waals surface area contributed by atoms with Crippen LogP contribution in [-0.2, 0) is 10.3 Å². The first kappa shape index (κ1) is 20.5. The van der Waals surface area contributed by atoms with Gasteiger partial charge in [-0.05, 0) is 48.9 Å². The minimum Gasteiger partial charge on any atom is -0.454 e. The second-order valence-corrected chi connectivity index (χ2v) is 8.89. The van der Waals surface area contributed by atoms with Crippen LogP contribution in [0.25, 0.3) is 0 Å². The molecule has 2 aromatic carbocycles. The van der Waals surface area contributed by atoms with Crippen molar-refractivity contribution in [3.8, 4) is 11.5 Å². The molecule has 0 bridgehead atoms. The molecule has 2 aromatic rings. The van der Waals surface area contributed by atoms with Crippen LogP contribution in [0.2, 0.25) is 0 Å². The van der Waals surface area contributed by atoms with E-state index in [4.69, 9.17) is 9.47 Å². The molecule has 7 heteroatoms. The average molecular weight is 434 g/mol. The van der Waals surface area contributed by atoms with E-state index in [9.17, 15) is 14.4 Å². The lowest BCUT2D eigenvalue weighted by Gasteiger charge is -2.22. The number of hydrogen-bond donors (Lipinski definition) is 1. The van der Waals surface area contributed by atoms with Gasteiger partial charge in [0.15, 0.2) is 17.3 Å². The lowest BCUT2D eigenvalue weighted by Crippen LogP contribution is -2.41. The van der Waals surface area contributed by atoms with E-state index in [0.29, 0.717) is 28.5 Å². The van der Waals surface area contributed by atoms with Gasteiger partial charge >= 0.3 is 6.03 Å². The van der Waals surface area contributed by atoms with Crippen LogP contribution in [0.4, 0.5) is 4.79 Å². The number of fused-ring (bicyclic) bond motifs is 1. The van der Waals surface area contributed by atoms with E-state index in [1.54, 1.807) is 25.1 Å². The first-order valence-electron chi connectivity index (χ1n) is 11.1. The second kappa shape index (κ2) is 7.97. The second-order valence-electron chi connectivity index (χ2n) is 8.89. The van der Waals surface area contributed by atoms with Gasteiger partial charge in [-0.25, -0.2) is 4.79 Å². The number of benzene rings is 2. The number of hydrogen-bond acceptors (Lipinski definition) is 5. The summed E-state index contributed by atoms with van der Waals surface area (Å²) in [6.07, 6.45) is 6.17. The number of ether oxygens (including phenoxy) is 2. The van der Waals surface area contributed by atoms with Gasteiger partial charge in [-0.2, -0.15) is 0 Å². The maximum Gasteiger partial charge on any atom is 0.325 e. The average Bonchev–Trinajstić information content (AvgIpc) is 3.38. The minimum absolute atomic E-state index is 0.121. The molecule has 5 rings (SSSR count). The van der Waals surface area contributed by atoms with Crippen molar-refractivity contribution >= 4 is 17.7 Å². The van der Waals surface area contributed by atoms with Crippen molar-refractivity contribution in [3.05, 3.63) is 59.2 Å². The number of Topliss-reactive ketones (excluding diaryl/α,β-unsaturated/α-hetero) is 1. The number of nitrogens with one attached hydrogen (secondary N) is 1. The monoisotopic (exact) mass is 434 g/mol. The van der Waals surface area contributed by atoms with Gasteiger partial charge in [0.2, 0.25) is 6.79 Å². The molecule has 0 spiro atoms. The molecule has 1 N–H and O–H groups in total. The van der Waals surface area contributed by atoms with Crippen molar-refractivity contribution in [3.63, 3.8) is 0 Å². The van der Waals surface area contributed by atoms with Crippen molar-refractivity contribution in [1.29, 1.82) is 0 Å². The van der Waals surface area contributed by atoms with Gasteiger partial charge in [0, 0.05) is 5.56 Å². The predicted octanol–water partition coefficient (Wildman–Crippen LogP) is 4.11. The lowest BCUT2D eigenvalue weighted by molar-refractivity contribution is -0.130. The van der Waals surface area contributed by atoms with E-state index in [2.05, 4.69) is 5.32 Å². The van der Waals surface area contributed by atoms with E-state index in [0.717, 1.165) is 4.90 Å². The smallest absolute Gasteiger partial charge is 0.325 e. The first-order chi connectivity index (χ1) is 15.5. The molecule has 3 aliphatic rings. The van der Waals surface area contributed by atoms with Crippen LogP contribution in [-0.4, -0.2) is 36.0 Å². The Morgan fingerprint density at radius 3 is 2.50 bits per heavy atom. The lowest BCUT2D eigenvalue weighted by atomic mass is 9.84. The zero-order valence-corrected chi connectivity index (χ0v) is 18.1. The molecule has 2 heterocycles. The molecule has 0 aromatic heterocycles. The highest BCUT2D eigenvalue weighted by atomic mass is 16.7. The highest BCUT2D eigenvalue weighted by Crippen LogP contribution is 2.38. The van der Waals surface area contributed by atoms with E-state index in [1.807, 2.05) is 24.3 Å². The van der Waals surface area contributed by atoms with Crippen LogP contribution in [0, 0.1) is 0 Å². The fraction of sp³-hybridized carbons (Fsp3) is 0.400. The molecule has 3 amide bonds. The fourth-order valence-corrected chi connectivity index (χ4v) is 4.86. The summed E-state index contributed by atoms with van der Waals surface area (Å²) in [6, 6.07) is 12.2. The molecular weight excluding hydrogens is 408 g/mol. The molecule has 166 valence electrons. The van der Waals surface area contributed by atoms with Crippen LogP contribution in [0.1, 0.15) is 66.4 Å². The molecule has 32 heavy (non-hydrogen) atoms. The number of urea groups is 1. The van der Waals surface area contributed by atoms with Crippen LogP contribution in [0.5, 0.6) is 11.5 Å². The molecule has 0 radical (unpaired) electrons. The van der Waals surface area contributed by atoms with E-state index < -0.39 is 17.5 Å². The van der Waals surface area contributed by atoms with Gasteiger partial charge in [-0.1, -0.05) is 49.6 Å². The third kappa shape index (κ3) is 3.51. The van der Waals surface area contributed by atoms with Gasteiger partial charge in [-0.3, -0.25) is 14.5 Å². The van der Waals surface area contributed by atoms with Crippen LogP contribution in [0.15, 0.2) is 42.5 Å². The number of rotatable bonds is 5. The highest BCUT2D eigenvalue weighted by molar-refractivity contribution is 6.11. The normalized spacial score (nSPS) is 22.8. The molecule has 1 saturated carbocycles. The summed E-state index contributed by atoms with van der Waals surface area (Å²) in [7, 11) is 0. The molecular formula is C25H26N2O5. The summed E-state index contributed by atoms with van der Waals surface area (Å²) in [4.78, 5) is 39.7. The topological polar surface area (TPSA) is 84.9 Å². The standard InChI is InChI=1S/C25H26N2O5/c1-25(19-11-12-21-22(13-19)32-15-31-21)23(29)27(24(30)26-25)14-20(28)18-9-7-17(8-10-18)16-5-3-2-4-6-16/h7-13,16H,2-6,14-15H2,1H3,(H,26,30)/t25-/m1/s1. The van der Waals surface area contributed by atoms with Crippen molar-refractivity contribution in [2.24, 2.45) is 0 Å².